The van der Waals surface area contributed by atoms with Gasteiger partial charge in [0, 0.05) is 12.1 Å². The van der Waals surface area contributed by atoms with Gasteiger partial charge in [-0.3, -0.25) is 0 Å². The van der Waals surface area contributed by atoms with Crippen LogP contribution >= 0.6 is 0 Å². The van der Waals surface area contributed by atoms with Crippen molar-refractivity contribution < 1.29 is 0 Å². The number of rotatable bonds is 14. The van der Waals surface area contributed by atoms with E-state index in [0.717, 1.165) is 12.1 Å². The van der Waals surface area contributed by atoms with Gasteiger partial charge in [0.05, 0.1) is 0 Å². The molecule has 0 aromatic rings. The van der Waals surface area contributed by atoms with Gasteiger partial charge in [0.2, 0.25) is 0 Å². The minimum Gasteiger partial charge on any atom is -0.312 e. The highest BCUT2D eigenvalue weighted by Crippen LogP contribution is 2.18. The lowest BCUT2D eigenvalue weighted by Gasteiger charge is -2.11. The molecule has 1 rings (SSSR count). The standard InChI is InChI=1S/C20H41N/c1-3-4-5-6-7-8-9-10-11-12-13-14-15-16-20-18-17-19(2)21-20/h19-21H,3-18H2,1-2H3/t19-,20-/m0/s1. The van der Waals surface area contributed by atoms with Crippen LogP contribution < -0.4 is 5.32 Å². The summed E-state index contributed by atoms with van der Waals surface area (Å²) in [5, 5.41) is 3.70. The van der Waals surface area contributed by atoms with E-state index in [1.54, 1.807) is 0 Å². The van der Waals surface area contributed by atoms with Crippen LogP contribution in [-0.2, 0) is 0 Å². The molecule has 1 saturated heterocycles. The molecule has 21 heavy (non-hydrogen) atoms. The highest BCUT2D eigenvalue weighted by atomic mass is 15.0. The third-order valence-corrected chi connectivity index (χ3v) is 5.12. The fourth-order valence-corrected chi connectivity index (χ4v) is 3.66. The molecule has 1 nitrogen and oxygen atoms in total. The zero-order valence-electron chi connectivity index (χ0n) is 15.0. The predicted molar refractivity (Wildman–Crippen MR) is 95.9 cm³/mol. The van der Waals surface area contributed by atoms with Crippen molar-refractivity contribution >= 4 is 0 Å². The van der Waals surface area contributed by atoms with E-state index in [4.69, 9.17) is 0 Å². The maximum absolute atomic E-state index is 3.70. The van der Waals surface area contributed by atoms with Crippen molar-refractivity contribution in [3.05, 3.63) is 0 Å². The molecule has 1 heterocycles. The van der Waals surface area contributed by atoms with Gasteiger partial charge in [0.1, 0.15) is 0 Å². The van der Waals surface area contributed by atoms with Crippen LogP contribution in [0, 0.1) is 0 Å². The summed E-state index contributed by atoms with van der Waals surface area (Å²) in [6.07, 6.45) is 23.2. The first-order chi connectivity index (χ1) is 10.3. The van der Waals surface area contributed by atoms with Gasteiger partial charge in [-0.15, -0.1) is 0 Å². The Hall–Kier alpha value is -0.0400. The molecule has 0 aromatic carbocycles. The van der Waals surface area contributed by atoms with Crippen molar-refractivity contribution in [1.29, 1.82) is 0 Å². The highest BCUT2D eigenvalue weighted by Gasteiger charge is 2.18. The molecule has 0 bridgehead atoms. The molecule has 126 valence electrons. The van der Waals surface area contributed by atoms with Gasteiger partial charge in [-0.1, -0.05) is 90.4 Å². The largest absolute Gasteiger partial charge is 0.312 e. The maximum Gasteiger partial charge on any atom is 0.00701 e. The van der Waals surface area contributed by atoms with E-state index < -0.39 is 0 Å². The van der Waals surface area contributed by atoms with Gasteiger partial charge in [0.25, 0.3) is 0 Å². The second-order valence-corrected chi connectivity index (χ2v) is 7.37. The van der Waals surface area contributed by atoms with E-state index in [2.05, 4.69) is 19.2 Å². The fraction of sp³-hybridized carbons (Fsp3) is 1.00. The first-order valence-corrected chi connectivity index (χ1v) is 10.1. The number of hydrogen-bond donors (Lipinski definition) is 1. The van der Waals surface area contributed by atoms with Gasteiger partial charge in [-0.25, -0.2) is 0 Å². The lowest BCUT2D eigenvalue weighted by molar-refractivity contribution is 0.483. The Labute approximate surface area is 134 Å². The summed E-state index contributed by atoms with van der Waals surface area (Å²) in [5.74, 6) is 0. The molecule has 1 N–H and O–H groups in total. The fourth-order valence-electron chi connectivity index (χ4n) is 3.66. The molecule has 1 heteroatoms. The zero-order valence-corrected chi connectivity index (χ0v) is 15.0. The Morgan fingerprint density at radius 2 is 1.14 bits per heavy atom. The molecule has 0 aromatic heterocycles. The van der Waals surface area contributed by atoms with Crippen LogP contribution in [-0.4, -0.2) is 12.1 Å². The summed E-state index contributed by atoms with van der Waals surface area (Å²) in [6.45, 7) is 4.62. The van der Waals surface area contributed by atoms with Crippen molar-refractivity contribution in [3.8, 4) is 0 Å². The molecular weight excluding hydrogens is 254 g/mol. The van der Waals surface area contributed by atoms with Gasteiger partial charge in [-0.05, 0) is 26.2 Å². The minimum atomic E-state index is 0.775. The van der Waals surface area contributed by atoms with E-state index in [1.807, 2.05) is 0 Å². The Morgan fingerprint density at radius 3 is 1.57 bits per heavy atom. The van der Waals surface area contributed by atoms with E-state index in [9.17, 15) is 0 Å². The number of nitrogens with one attached hydrogen (secondary N) is 1. The van der Waals surface area contributed by atoms with Crippen LogP contribution in [0.1, 0.15) is 117 Å². The van der Waals surface area contributed by atoms with Crippen LogP contribution in [0.3, 0.4) is 0 Å². The van der Waals surface area contributed by atoms with Gasteiger partial charge in [0.15, 0.2) is 0 Å². The van der Waals surface area contributed by atoms with Crippen molar-refractivity contribution in [3.63, 3.8) is 0 Å². The quantitative estimate of drug-likeness (QED) is 0.356. The third kappa shape index (κ3) is 11.2. The van der Waals surface area contributed by atoms with Gasteiger partial charge >= 0.3 is 0 Å². The predicted octanol–water partition coefficient (Wildman–Crippen LogP) is 6.61. The summed E-state index contributed by atoms with van der Waals surface area (Å²) in [5.41, 5.74) is 0. The summed E-state index contributed by atoms with van der Waals surface area (Å²) >= 11 is 0. The van der Waals surface area contributed by atoms with Gasteiger partial charge in [-0.2, -0.15) is 0 Å². The van der Waals surface area contributed by atoms with Crippen molar-refractivity contribution in [2.45, 2.75) is 129 Å². The normalized spacial score (nSPS) is 22.0. The Kier molecular flexibility index (Phi) is 12.3. The average molecular weight is 296 g/mol. The lowest BCUT2D eigenvalue weighted by atomic mass is 10.0. The second-order valence-electron chi connectivity index (χ2n) is 7.37. The molecule has 1 fully saturated rings. The maximum atomic E-state index is 3.70. The minimum absolute atomic E-state index is 0.775. The second kappa shape index (κ2) is 13.6. The SMILES string of the molecule is CCCCCCCCCCCCCCC[C@H]1CC[C@H](C)N1. The molecular formula is C20H41N. The monoisotopic (exact) mass is 295 g/mol. The number of hydrogen-bond acceptors (Lipinski definition) is 1. The van der Waals surface area contributed by atoms with Crippen LogP contribution in [0.5, 0.6) is 0 Å². The first-order valence-electron chi connectivity index (χ1n) is 10.1. The van der Waals surface area contributed by atoms with Crippen LogP contribution in [0.4, 0.5) is 0 Å². The molecule has 0 saturated carbocycles. The van der Waals surface area contributed by atoms with E-state index in [0.29, 0.717) is 0 Å². The smallest absolute Gasteiger partial charge is 0.00701 e. The zero-order chi connectivity index (χ0) is 15.2. The molecule has 2 atom stereocenters. The highest BCUT2D eigenvalue weighted by molar-refractivity contribution is 4.80. The Balaban J connectivity index is 1.69. The van der Waals surface area contributed by atoms with Crippen LogP contribution in [0.25, 0.3) is 0 Å². The van der Waals surface area contributed by atoms with Crippen molar-refractivity contribution in [2.75, 3.05) is 0 Å². The summed E-state index contributed by atoms with van der Waals surface area (Å²) in [4.78, 5) is 0. The third-order valence-electron chi connectivity index (χ3n) is 5.12. The molecule has 1 aliphatic heterocycles. The van der Waals surface area contributed by atoms with E-state index in [1.165, 1.54) is 103 Å². The number of unbranched alkanes of at least 4 members (excludes halogenated alkanes) is 12. The molecule has 0 aliphatic carbocycles. The van der Waals surface area contributed by atoms with E-state index >= 15 is 0 Å². The van der Waals surface area contributed by atoms with Crippen LogP contribution in [0.2, 0.25) is 0 Å². The first kappa shape index (κ1) is 19.0. The average Bonchev–Trinajstić information content (AvgIpc) is 2.89. The topological polar surface area (TPSA) is 12.0 Å². The summed E-state index contributed by atoms with van der Waals surface area (Å²) < 4.78 is 0. The molecule has 0 unspecified atom stereocenters. The summed E-state index contributed by atoms with van der Waals surface area (Å²) in [6, 6.07) is 1.62. The molecule has 1 aliphatic rings. The summed E-state index contributed by atoms with van der Waals surface area (Å²) in [7, 11) is 0. The lowest BCUT2D eigenvalue weighted by Crippen LogP contribution is -2.26. The van der Waals surface area contributed by atoms with Crippen molar-refractivity contribution in [1.82, 2.24) is 5.32 Å². The Bertz CT molecular complexity index is 214. The van der Waals surface area contributed by atoms with Crippen molar-refractivity contribution in [2.24, 2.45) is 0 Å². The van der Waals surface area contributed by atoms with E-state index in [-0.39, 0.29) is 0 Å². The molecule has 0 spiro atoms. The molecule has 0 radical (unpaired) electrons. The Morgan fingerprint density at radius 1 is 0.667 bits per heavy atom. The molecule has 0 amide bonds. The van der Waals surface area contributed by atoms with Gasteiger partial charge < -0.3 is 5.32 Å². The van der Waals surface area contributed by atoms with Crippen LogP contribution in [0.15, 0.2) is 0 Å².